The number of carbonyl (C=O) groups is 1. The average molecular weight is 234 g/mol. The molecule has 5 heteroatoms. The van der Waals surface area contributed by atoms with E-state index in [1.807, 2.05) is 6.20 Å². The van der Waals surface area contributed by atoms with Crippen LogP contribution in [0.4, 0.5) is 0 Å². The largest absolute Gasteiger partial charge is 0.369 e. The minimum absolute atomic E-state index is 0.239. The number of nitrogens with two attached hydrogens (primary N) is 1. The zero-order valence-electron chi connectivity index (χ0n) is 9.88. The highest BCUT2D eigenvalue weighted by atomic mass is 16.1. The molecule has 2 heterocycles. The molecule has 0 radical (unpaired) electrons. The Balaban J connectivity index is 1.78. The fourth-order valence-electron chi connectivity index (χ4n) is 2.30. The van der Waals surface area contributed by atoms with Gasteiger partial charge in [-0.1, -0.05) is 0 Å². The summed E-state index contributed by atoms with van der Waals surface area (Å²) in [6, 6.07) is 0. The Kier molecular flexibility index (Phi) is 4.03. The lowest BCUT2D eigenvalue weighted by Crippen LogP contribution is -2.39. The van der Waals surface area contributed by atoms with Gasteiger partial charge in [0.15, 0.2) is 0 Å². The first-order valence-corrected chi connectivity index (χ1v) is 5.99. The second-order valence-corrected chi connectivity index (χ2v) is 4.59. The van der Waals surface area contributed by atoms with Gasteiger partial charge in [-0.25, -0.2) is 0 Å². The van der Waals surface area contributed by atoms with Gasteiger partial charge in [0.2, 0.25) is 5.91 Å². The molecule has 0 bridgehead atoms. The van der Waals surface area contributed by atoms with E-state index in [4.69, 9.17) is 5.73 Å². The van der Waals surface area contributed by atoms with Crippen molar-refractivity contribution in [3.05, 3.63) is 24.3 Å². The lowest BCUT2D eigenvalue weighted by atomic mass is 9.92. The molecule has 0 aromatic carbocycles. The molecule has 1 aliphatic heterocycles. The van der Waals surface area contributed by atoms with Crippen molar-refractivity contribution < 1.29 is 4.79 Å². The van der Waals surface area contributed by atoms with Gasteiger partial charge in [-0.2, -0.15) is 0 Å². The summed E-state index contributed by atoms with van der Waals surface area (Å²) in [6.45, 7) is 2.29. The number of hydrogen-bond acceptors (Lipinski definition) is 4. The molecule has 1 aromatic heterocycles. The number of carbonyl (C=O) groups excluding carboxylic acids is 1. The van der Waals surface area contributed by atoms with E-state index in [9.17, 15) is 4.79 Å². The molecule has 0 aliphatic carbocycles. The third kappa shape index (κ3) is 3.78. The summed E-state index contributed by atoms with van der Waals surface area (Å²) in [6.07, 6.45) is 8.44. The maximum Gasteiger partial charge on any atom is 0.231 e. The Morgan fingerprint density at radius 3 is 2.76 bits per heavy atom. The average Bonchev–Trinajstić information content (AvgIpc) is 2.32. The van der Waals surface area contributed by atoms with Crippen molar-refractivity contribution in [3.8, 4) is 0 Å². The number of rotatable bonds is 4. The second kappa shape index (κ2) is 5.72. The fraction of sp³-hybridized carbons (Fsp3) is 0.583. The number of hydrogen-bond donors (Lipinski definition) is 1. The number of piperidine rings is 1. The van der Waals surface area contributed by atoms with E-state index in [1.54, 1.807) is 12.4 Å². The van der Waals surface area contributed by atoms with Crippen LogP contribution in [0, 0.1) is 5.92 Å². The van der Waals surface area contributed by atoms with Gasteiger partial charge in [0.1, 0.15) is 0 Å². The van der Waals surface area contributed by atoms with Crippen LogP contribution in [0.15, 0.2) is 18.6 Å². The zero-order valence-corrected chi connectivity index (χ0v) is 9.88. The SMILES string of the molecule is NC(=O)CN1CCC(Cc2cnccn2)CC1. The van der Waals surface area contributed by atoms with Gasteiger partial charge in [0.05, 0.1) is 12.2 Å². The molecular formula is C12H18N4O. The predicted octanol–water partition coefficient (Wildman–Crippen LogP) is 0.216. The van der Waals surface area contributed by atoms with Gasteiger partial charge in [-0.15, -0.1) is 0 Å². The Hall–Kier alpha value is -1.49. The molecule has 0 atom stereocenters. The minimum Gasteiger partial charge on any atom is -0.369 e. The molecule has 1 fully saturated rings. The number of amides is 1. The number of primary amides is 1. The molecule has 0 spiro atoms. The molecule has 0 unspecified atom stereocenters. The lowest BCUT2D eigenvalue weighted by molar-refractivity contribution is -0.119. The molecule has 0 saturated carbocycles. The molecule has 1 aromatic rings. The van der Waals surface area contributed by atoms with Crippen LogP contribution in [-0.2, 0) is 11.2 Å². The van der Waals surface area contributed by atoms with Crippen molar-refractivity contribution in [2.24, 2.45) is 11.7 Å². The standard InChI is InChI=1S/C12H18N4O/c13-12(17)9-16-5-1-10(2-6-16)7-11-8-14-3-4-15-11/h3-4,8,10H,1-2,5-7,9H2,(H2,13,17). The van der Waals surface area contributed by atoms with E-state index in [-0.39, 0.29) is 5.91 Å². The van der Waals surface area contributed by atoms with Crippen LogP contribution in [0.1, 0.15) is 18.5 Å². The molecule has 1 saturated heterocycles. The Bertz CT molecular complexity index is 360. The fourth-order valence-corrected chi connectivity index (χ4v) is 2.30. The van der Waals surface area contributed by atoms with Crippen molar-refractivity contribution in [1.82, 2.24) is 14.9 Å². The van der Waals surface area contributed by atoms with E-state index in [2.05, 4.69) is 14.9 Å². The van der Waals surface area contributed by atoms with Gasteiger partial charge in [-0.05, 0) is 38.3 Å². The zero-order chi connectivity index (χ0) is 12.1. The molecule has 1 amide bonds. The highest BCUT2D eigenvalue weighted by molar-refractivity contribution is 5.75. The van der Waals surface area contributed by atoms with E-state index >= 15 is 0 Å². The summed E-state index contributed by atoms with van der Waals surface area (Å²) in [4.78, 5) is 21.3. The third-order valence-corrected chi connectivity index (χ3v) is 3.20. The van der Waals surface area contributed by atoms with Crippen LogP contribution in [0.5, 0.6) is 0 Å². The van der Waals surface area contributed by atoms with Crippen LogP contribution in [0.25, 0.3) is 0 Å². The normalized spacial score (nSPS) is 18.1. The Morgan fingerprint density at radius 2 is 2.18 bits per heavy atom. The van der Waals surface area contributed by atoms with E-state index in [1.165, 1.54) is 0 Å². The van der Waals surface area contributed by atoms with Crippen LogP contribution < -0.4 is 5.73 Å². The van der Waals surface area contributed by atoms with Crippen LogP contribution in [-0.4, -0.2) is 40.4 Å². The van der Waals surface area contributed by atoms with Gasteiger partial charge in [0.25, 0.3) is 0 Å². The van der Waals surface area contributed by atoms with Crippen molar-refractivity contribution in [3.63, 3.8) is 0 Å². The van der Waals surface area contributed by atoms with E-state index < -0.39 is 0 Å². The van der Waals surface area contributed by atoms with Gasteiger partial charge >= 0.3 is 0 Å². The topological polar surface area (TPSA) is 72.1 Å². The van der Waals surface area contributed by atoms with Gasteiger partial charge in [-0.3, -0.25) is 19.7 Å². The van der Waals surface area contributed by atoms with E-state index in [0.717, 1.165) is 38.0 Å². The summed E-state index contributed by atoms with van der Waals surface area (Å²) in [5, 5.41) is 0. The Morgan fingerprint density at radius 1 is 1.41 bits per heavy atom. The molecule has 2 rings (SSSR count). The van der Waals surface area contributed by atoms with Gasteiger partial charge < -0.3 is 5.73 Å². The molecule has 1 aliphatic rings. The van der Waals surface area contributed by atoms with Crippen molar-refractivity contribution in [1.29, 1.82) is 0 Å². The van der Waals surface area contributed by atoms with E-state index in [0.29, 0.717) is 12.5 Å². The Labute approximate surface area is 101 Å². The monoisotopic (exact) mass is 234 g/mol. The van der Waals surface area contributed by atoms with Crippen LogP contribution in [0.3, 0.4) is 0 Å². The summed E-state index contributed by atoms with van der Waals surface area (Å²) in [7, 11) is 0. The van der Waals surface area contributed by atoms with Gasteiger partial charge in [0, 0.05) is 18.6 Å². The summed E-state index contributed by atoms with van der Waals surface area (Å²) in [5.74, 6) is 0.410. The van der Waals surface area contributed by atoms with Crippen molar-refractivity contribution in [2.45, 2.75) is 19.3 Å². The number of nitrogens with zero attached hydrogens (tertiary/aromatic N) is 3. The molecule has 92 valence electrons. The second-order valence-electron chi connectivity index (χ2n) is 4.59. The number of aromatic nitrogens is 2. The quantitative estimate of drug-likeness (QED) is 0.808. The first-order valence-electron chi connectivity index (χ1n) is 5.99. The predicted molar refractivity (Wildman–Crippen MR) is 64.1 cm³/mol. The molecule has 2 N–H and O–H groups in total. The van der Waals surface area contributed by atoms with Crippen LogP contribution >= 0.6 is 0 Å². The number of likely N-dealkylation sites (tertiary alicyclic amines) is 1. The first kappa shape index (κ1) is 12.0. The smallest absolute Gasteiger partial charge is 0.231 e. The maximum atomic E-state index is 10.8. The highest BCUT2D eigenvalue weighted by Gasteiger charge is 2.20. The third-order valence-electron chi connectivity index (χ3n) is 3.20. The first-order chi connectivity index (χ1) is 8.24. The van der Waals surface area contributed by atoms with Crippen molar-refractivity contribution in [2.75, 3.05) is 19.6 Å². The summed E-state index contributed by atoms with van der Waals surface area (Å²) < 4.78 is 0. The molecule has 17 heavy (non-hydrogen) atoms. The van der Waals surface area contributed by atoms with Crippen LogP contribution in [0.2, 0.25) is 0 Å². The lowest BCUT2D eigenvalue weighted by Gasteiger charge is -2.30. The molecular weight excluding hydrogens is 216 g/mol. The maximum absolute atomic E-state index is 10.8. The van der Waals surface area contributed by atoms with Crippen molar-refractivity contribution >= 4 is 5.91 Å². The summed E-state index contributed by atoms with van der Waals surface area (Å²) >= 11 is 0. The summed E-state index contributed by atoms with van der Waals surface area (Å²) in [5.41, 5.74) is 6.24. The minimum atomic E-state index is -0.239. The highest BCUT2D eigenvalue weighted by Crippen LogP contribution is 2.20. The molecule has 5 nitrogen and oxygen atoms in total.